The lowest BCUT2D eigenvalue weighted by molar-refractivity contribution is -0.126. The zero-order valence-corrected chi connectivity index (χ0v) is 13.7. The molecular formula is C17H20N2O2S. The average molecular weight is 316 g/mol. The van der Waals surface area contributed by atoms with Crippen molar-refractivity contribution in [1.82, 2.24) is 10.3 Å². The predicted molar refractivity (Wildman–Crippen MR) is 87.4 cm³/mol. The molecule has 1 amide bonds. The molecule has 1 atom stereocenters. The fraction of sp³-hybridized carbons (Fsp3) is 0.412. The highest BCUT2D eigenvalue weighted by Gasteiger charge is 2.25. The van der Waals surface area contributed by atoms with Crippen LogP contribution in [0.4, 0.5) is 0 Å². The molecule has 0 fully saturated rings. The van der Waals surface area contributed by atoms with Gasteiger partial charge in [0, 0.05) is 17.8 Å². The van der Waals surface area contributed by atoms with E-state index in [0.717, 1.165) is 34.9 Å². The van der Waals surface area contributed by atoms with Gasteiger partial charge in [-0.25, -0.2) is 4.98 Å². The molecule has 0 radical (unpaired) electrons. The molecule has 0 spiro atoms. The van der Waals surface area contributed by atoms with E-state index in [9.17, 15) is 4.79 Å². The van der Waals surface area contributed by atoms with Gasteiger partial charge in [-0.15, -0.1) is 11.3 Å². The molecule has 0 aliphatic carbocycles. The Morgan fingerprint density at radius 3 is 3.00 bits per heavy atom. The van der Waals surface area contributed by atoms with Crippen LogP contribution < -0.4 is 10.1 Å². The molecule has 22 heavy (non-hydrogen) atoms. The normalized spacial score (nSPS) is 16.7. The zero-order chi connectivity index (χ0) is 15.5. The monoisotopic (exact) mass is 316 g/mol. The number of ether oxygens (including phenoxy) is 1. The molecule has 2 aromatic rings. The van der Waals surface area contributed by atoms with E-state index in [1.807, 2.05) is 31.2 Å². The number of fused-ring (bicyclic) bond motifs is 1. The van der Waals surface area contributed by atoms with Gasteiger partial charge in [0.25, 0.3) is 0 Å². The van der Waals surface area contributed by atoms with E-state index in [1.165, 1.54) is 4.88 Å². The maximum atomic E-state index is 12.3. The summed E-state index contributed by atoms with van der Waals surface area (Å²) < 4.78 is 5.67. The number of hydrogen-bond donors (Lipinski definition) is 1. The lowest BCUT2D eigenvalue weighted by Gasteiger charge is -2.24. The number of carbonyl (C=O) groups excluding carboxylic acids is 1. The molecular weight excluding hydrogens is 296 g/mol. The molecule has 3 rings (SSSR count). The first-order valence-corrected chi connectivity index (χ1v) is 8.36. The third-order valence-electron chi connectivity index (χ3n) is 3.96. The number of aromatic nitrogens is 1. The number of nitrogens with one attached hydrogen (secondary N) is 1. The van der Waals surface area contributed by atoms with Gasteiger partial charge in [-0.05, 0) is 31.9 Å². The fourth-order valence-corrected chi connectivity index (χ4v) is 3.51. The molecule has 1 aromatic heterocycles. The third-order valence-corrected chi connectivity index (χ3v) is 5.09. The molecule has 0 saturated carbocycles. The van der Waals surface area contributed by atoms with Gasteiger partial charge < -0.3 is 10.1 Å². The number of nitrogens with zero attached hydrogens (tertiary/aromatic N) is 1. The quantitative estimate of drug-likeness (QED) is 0.943. The molecule has 1 aliphatic heterocycles. The van der Waals surface area contributed by atoms with Crippen molar-refractivity contribution in [1.29, 1.82) is 0 Å². The van der Waals surface area contributed by atoms with Crippen molar-refractivity contribution < 1.29 is 9.53 Å². The molecule has 0 unspecified atom stereocenters. The summed E-state index contributed by atoms with van der Waals surface area (Å²) in [5.41, 5.74) is 2.20. The van der Waals surface area contributed by atoms with Gasteiger partial charge in [-0.3, -0.25) is 4.79 Å². The Morgan fingerprint density at radius 2 is 2.23 bits per heavy atom. The van der Waals surface area contributed by atoms with Gasteiger partial charge in [0.05, 0.1) is 16.6 Å². The van der Waals surface area contributed by atoms with Crippen molar-refractivity contribution >= 4 is 17.2 Å². The summed E-state index contributed by atoms with van der Waals surface area (Å²) in [6.07, 6.45) is 1.53. The van der Waals surface area contributed by atoms with Crippen LogP contribution in [0.25, 0.3) is 0 Å². The number of aryl methyl sites for hydroxylation is 2. The molecule has 1 aliphatic rings. The molecule has 116 valence electrons. The van der Waals surface area contributed by atoms with E-state index in [-0.39, 0.29) is 11.8 Å². The summed E-state index contributed by atoms with van der Waals surface area (Å²) >= 11 is 1.71. The van der Waals surface area contributed by atoms with E-state index >= 15 is 0 Å². The Hall–Kier alpha value is -1.88. The Labute approximate surface area is 134 Å². The smallest absolute Gasteiger partial charge is 0.226 e. The summed E-state index contributed by atoms with van der Waals surface area (Å²) in [6, 6.07) is 7.92. The van der Waals surface area contributed by atoms with E-state index in [1.54, 1.807) is 11.3 Å². The van der Waals surface area contributed by atoms with E-state index in [0.29, 0.717) is 13.2 Å². The number of thiazole rings is 1. The minimum absolute atomic E-state index is 0.0690. The Kier molecular flexibility index (Phi) is 4.43. The van der Waals surface area contributed by atoms with Gasteiger partial charge in [-0.2, -0.15) is 0 Å². The van der Waals surface area contributed by atoms with Crippen LogP contribution >= 0.6 is 11.3 Å². The molecule has 4 nitrogen and oxygen atoms in total. The Balaban J connectivity index is 1.50. The Bertz CT molecular complexity index is 662. The van der Waals surface area contributed by atoms with Crippen LogP contribution in [0.5, 0.6) is 5.75 Å². The maximum absolute atomic E-state index is 12.3. The molecule has 1 aromatic carbocycles. The molecule has 1 N–H and O–H groups in total. The van der Waals surface area contributed by atoms with Crippen molar-refractivity contribution in [2.45, 2.75) is 26.7 Å². The van der Waals surface area contributed by atoms with Gasteiger partial charge in [-0.1, -0.05) is 18.2 Å². The lowest BCUT2D eigenvalue weighted by atomic mass is 9.96. The van der Waals surface area contributed by atoms with Crippen LogP contribution in [0.2, 0.25) is 0 Å². The van der Waals surface area contributed by atoms with Crippen molar-refractivity contribution in [2.24, 2.45) is 5.92 Å². The predicted octanol–water partition coefficient (Wildman–Crippen LogP) is 2.67. The largest absolute Gasteiger partial charge is 0.492 e. The van der Waals surface area contributed by atoms with Gasteiger partial charge >= 0.3 is 0 Å². The molecule has 2 heterocycles. The molecule has 5 heteroatoms. The van der Waals surface area contributed by atoms with Crippen molar-refractivity contribution in [3.63, 3.8) is 0 Å². The van der Waals surface area contributed by atoms with Gasteiger partial charge in [0.2, 0.25) is 5.91 Å². The van der Waals surface area contributed by atoms with Crippen LogP contribution in [0.15, 0.2) is 24.3 Å². The van der Waals surface area contributed by atoms with E-state index in [2.05, 4.69) is 17.2 Å². The number of hydrogen-bond acceptors (Lipinski definition) is 4. The van der Waals surface area contributed by atoms with Crippen molar-refractivity contribution in [3.8, 4) is 5.75 Å². The second-order valence-electron chi connectivity index (χ2n) is 5.61. The van der Waals surface area contributed by atoms with Crippen molar-refractivity contribution in [2.75, 3.05) is 13.2 Å². The standard InChI is InChI=1S/C17H20N2O2S/c1-11-12(2)22-16(19-11)7-8-18-17(20)14-9-13-5-3-4-6-15(13)21-10-14/h3-6,14H,7-10H2,1-2H3,(H,18,20)/t14-/m1/s1. The van der Waals surface area contributed by atoms with Crippen LogP contribution in [0, 0.1) is 19.8 Å². The first-order valence-electron chi connectivity index (χ1n) is 7.55. The number of carbonyl (C=O) groups is 1. The van der Waals surface area contributed by atoms with Gasteiger partial charge in [0.1, 0.15) is 12.4 Å². The highest BCUT2D eigenvalue weighted by Crippen LogP contribution is 2.26. The topological polar surface area (TPSA) is 51.2 Å². The second-order valence-corrected chi connectivity index (χ2v) is 6.90. The summed E-state index contributed by atoms with van der Waals surface area (Å²) in [4.78, 5) is 18.0. The lowest BCUT2D eigenvalue weighted by Crippen LogP contribution is -2.38. The van der Waals surface area contributed by atoms with E-state index < -0.39 is 0 Å². The van der Waals surface area contributed by atoms with Crippen LogP contribution in [-0.4, -0.2) is 24.0 Å². The number of amides is 1. The first-order chi connectivity index (χ1) is 10.6. The highest BCUT2D eigenvalue weighted by molar-refractivity contribution is 7.11. The zero-order valence-electron chi connectivity index (χ0n) is 12.9. The van der Waals surface area contributed by atoms with Crippen LogP contribution in [0.1, 0.15) is 21.1 Å². The Morgan fingerprint density at radius 1 is 1.41 bits per heavy atom. The summed E-state index contributed by atoms with van der Waals surface area (Å²) in [6.45, 7) is 5.18. The van der Waals surface area contributed by atoms with Crippen molar-refractivity contribution in [3.05, 3.63) is 45.4 Å². The summed E-state index contributed by atoms with van der Waals surface area (Å²) in [5, 5.41) is 4.09. The van der Waals surface area contributed by atoms with Crippen LogP contribution in [-0.2, 0) is 17.6 Å². The number of rotatable bonds is 4. The third kappa shape index (κ3) is 3.30. The number of para-hydroxylation sites is 1. The van der Waals surface area contributed by atoms with Crippen LogP contribution in [0.3, 0.4) is 0 Å². The van der Waals surface area contributed by atoms with E-state index in [4.69, 9.17) is 4.74 Å². The van der Waals surface area contributed by atoms with Gasteiger partial charge in [0.15, 0.2) is 0 Å². The second kappa shape index (κ2) is 6.48. The highest BCUT2D eigenvalue weighted by atomic mass is 32.1. The maximum Gasteiger partial charge on any atom is 0.226 e. The molecule has 0 saturated heterocycles. The average Bonchev–Trinajstić information content (AvgIpc) is 2.85. The minimum atomic E-state index is -0.102. The SMILES string of the molecule is Cc1nc(CCNC(=O)[C@H]2COc3ccccc3C2)sc1C. The fourth-order valence-electron chi connectivity index (χ4n) is 2.58. The summed E-state index contributed by atoms with van der Waals surface area (Å²) in [5.74, 6) is 0.870. The first kappa shape index (κ1) is 15.0. The molecule has 0 bridgehead atoms. The minimum Gasteiger partial charge on any atom is -0.492 e. The number of benzene rings is 1. The summed E-state index contributed by atoms with van der Waals surface area (Å²) in [7, 11) is 0.